The number of nitrogens with zero attached hydrogens (tertiary/aromatic N) is 3. The fourth-order valence-electron chi connectivity index (χ4n) is 3.89. The third-order valence-electron chi connectivity index (χ3n) is 5.35. The molecule has 0 saturated heterocycles. The minimum Gasteiger partial charge on any atom is -0.492 e. The van der Waals surface area contributed by atoms with Crippen LogP contribution in [-0.4, -0.2) is 35.2 Å². The highest BCUT2D eigenvalue weighted by atomic mass is 35.5. The number of hydrogen-bond acceptors (Lipinski definition) is 5. The number of ether oxygens (including phenoxy) is 1. The van der Waals surface area contributed by atoms with Crippen molar-refractivity contribution < 1.29 is 4.74 Å². The SMILES string of the molecule is CC1CCc2c(sc3nc(CN(C)C)n(CCOc4ccc(Cl)cc4)c(=O)c23)C1. The second-order valence-corrected chi connectivity index (χ2v) is 9.58. The lowest BCUT2D eigenvalue weighted by Crippen LogP contribution is -2.30. The summed E-state index contributed by atoms with van der Waals surface area (Å²) in [5.41, 5.74) is 1.29. The van der Waals surface area contributed by atoms with Crippen molar-refractivity contribution in [2.75, 3.05) is 20.7 Å². The van der Waals surface area contributed by atoms with E-state index in [4.69, 9.17) is 21.3 Å². The van der Waals surface area contributed by atoms with E-state index in [0.717, 1.165) is 41.1 Å². The van der Waals surface area contributed by atoms with Gasteiger partial charge in [0, 0.05) is 9.90 Å². The van der Waals surface area contributed by atoms with Crippen LogP contribution in [-0.2, 0) is 25.9 Å². The van der Waals surface area contributed by atoms with Gasteiger partial charge in [0.2, 0.25) is 0 Å². The van der Waals surface area contributed by atoms with Crippen LogP contribution in [0.4, 0.5) is 0 Å². The zero-order chi connectivity index (χ0) is 20.5. The van der Waals surface area contributed by atoms with Gasteiger partial charge >= 0.3 is 0 Å². The summed E-state index contributed by atoms with van der Waals surface area (Å²) in [5.74, 6) is 2.21. The molecule has 1 atom stereocenters. The zero-order valence-corrected chi connectivity index (χ0v) is 18.6. The Balaban J connectivity index is 1.67. The van der Waals surface area contributed by atoms with Gasteiger partial charge in [-0.2, -0.15) is 0 Å². The largest absolute Gasteiger partial charge is 0.492 e. The molecule has 1 aromatic carbocycles. The van der Waals surface area contributed by atoms with Gasteiger partial charge in [-0.25, -0.2) is 4.98 Å². The van der Waals surface area contributed by atoms with Crippen molar-refractivity contribution in [2.24, 2.45) is 5.92 Å². The number of aromatic nitrogens is 2. The summed E-state index contributed by atoms with van der Waals surface area (Å²) in [4.78, 5) is 22.7. The Morgan fingerprint density at radius 1 is 1.31 bits per heavy atom. The molecule has 2 aromatic heterocycles. The monoisotopic (exact) mass is 431 g/mol. The molecule has 2 heterocycles. The van der Waals surface area contributed by atoms with Crippen molar-refractivity contribution in [2.45, 2.75) is 39.3 Å². The standard InChI is InChI=1S/C22H26ClN3O2S/c1-14-4-9-17-18(12-14)29-21-20(17)22(27)26(19(24-21)13-25(2)3)10-11-28-16-7-5-15(23)6-8-16/h5-8,14H,4,9-13H2,1-3H3. The summed E-state index contributed by atoms with van der Waals surface area (Å²) < 4.78 is 7.64. The van der Waals surface area contributed by atoms with Gasteiger partial charge in [-0.1, -0.05) is 18.5 Å². The first kappa shape index (κ1) is 20.4. The van der Waals surface area contributed by atoms with Crippen molar-refractivity contribution in [1.29, 1.82) is 0 Å². The summed E-state index contributed by atoms with van der Waals surface area (Å²) in [6.45, 7) is 3.77. The van der Waals surface area contributed by atoms with E-state index in [-0.39, 0.29) is 5.56 Å². The average molecular weight is 432 g/mol. The average Bonchev–Trinajstić information content (AvgIpc) is 3.02. The Bertz CT molecular complexity index is 1070. The van der Waals surface area contributed by atoms with Crippen LogP contribution in [0.3, 0.4) is 0 Å². The first-order chi connectivity index (χ1) is 13.9. The maximum atomic E-state index is 13.5. The minimum atomic E-state index is 0.0682. The molecule has 4 rings (SSSR count). The van der Waals surface area contributed by atoms with Gasteiger partial charge < -0.3 is 9.64 Å². The number of aryl methyl sites for hydroxylation is 1. The number of thiophene rings is 1. The highest BCUT2D eigenvalue weighted by Gasteiger charge is 2.24. The second kappa shape index (κ2) is 8.46. The topological polar surface area (TPSA) is 47.4 Å². The molecule has 0 bridgehead atoms. The third-order valence-corrected chi connectivity index (χ3v) is 6.75. The predicted molar refractivity (Wildman–Crippen MR) is 119 cm³/mol. The molecular formula is C22H26ClN3O2S. The Kier molecular flexibility index (Phi) is 5.95. The van der Waals surface area contributed by atoms with E-state index >= 15 is 0 Å². The van der Waals surface area contributed by atoms with E-state index in [2.05, 4.69) is 6.92 Å². The highest BCUT2D eigenvalue weighted by molar-refractivity contribution is 7.18. The first-order valence-electron chi connectivity index (χ1n) is 9.99. The number of hydrogen-bond donors (Lipinski definition) is 0. The van der Waals surface area contributed by atoms with Gasteiger partial charge in [0.25, 0.3) is 5.56 Å². The molecule has 29 heavy (non-hydrogen) atoms. The van der Waals surface area contributed by atoms with Crippen LogP contribution < -0.4 is 10.3 Å². The summed E-state index contributed by atoms with van der Waals surface area (Å²) in [6.07, 6.45) is 3.16. The molecule has 5 nitrogen and oxygen atoms in total. The van der Waals surface area contributed by atoms with Crippen molar-refractivity contribution in [3.05, 3.63) is 55.9 Å². The van der Waals surface area contributed by atoms with Crippen molar-refractivity contribution in [3.63, 3.8) is 0 Å². The van der Waals surface area contributed by atoms with Crippen LogP contribution in [0.5, 0.6) is 5.75 Å². The number of halogens is 1. The van der Waals surface area contributed by atoms with Gasteiger partial charge in [-0.3, -0.25) is 9.36 Å². The maximum absolute atomic E-state index is 13.5. The fraction of sp³-hybridized carbons (Fsp3) is 0.455. The van der Waals surface area contributed by atoms with Crippen LogP contribution >= 0.6 is 22.9 Å². The van der Waals surface area contributed by atoms with Crippen LogP contribution in [0.25, 0.3) is 10.2 Å². The number of rotatable bonds is 6. The number of fused-ring (bicyclic) bond motifs is 3. The Morgan fingerprint density at radius 2 is 2.07 bits per heavy atom. The quantitative estimate of drug-likeness (QED) is 0.581. The molecule has 0 saturated carbocycles. The molecule has 0 amide bonds. The van der Waals surface area contributed by atoms with Gasteiger partial charge in [-0.05, 0) is 69.1 Å². The van der Waals surface area contributed by atoms with E-state index in [1.807, 2.05) is 31.1 Å². The van der Waals surface area contributed by atoms with Gasteiger partial charge in [0.1, 0.15) is 23.0 Å². The van der Waals surface area contributed by atoms with Gasteiger partial charge in [-0.15, -0.1) is 11.3 Å². The normalized spacial score (nSPS) is 16.4. The Hall–Kier alpha value is -1.89. The van der Waals surface area contributed by atoms with Crippen LogP contribution in [0.15, 0.2) is 29.1 Å². The molecule has 1 unspecified atom stereocenters. The lowest BCUT2D eigenvalue weighted by atomic mass is 9.89. The molecule has 0 spiro atoms. The second-order valence-electron chi connectivity index (χ2n) is 8.06. The van der Waals surface area contributed by atoms with Crippen LogP contribution in [0.1, 0.15) is 29.6 Å². The lowest BCUT2D eigenvalue weighted by Gasteiger charge is -2.18. The molecule has 1 aliphatic rings. The summed E-state index contributed by atoms with van der Waals surface area (Å²) >= 11 is 7.63. The molecule has 7 heteroatoms. The summed E-state index contributed by atoms with van der Waals surface area (Å²) in [6, 6.07) is 7.27. The molecule has 1 aliphatic carbocycles. The molecule has 0 radical (unpaired) electrons. The Morgan fingerprint density at radius 3 is 2.79 bits per heavy atom. The van der Waals surface area contributed by atoms with E-state index in [1.165, 1.54) is 10.4 Å². The minimum absolute atomic E-state index is 0.0682. The molecule has 0 aliphatic heterocycles. The van der Waals surface area contributed by atoms with Crippen LogP contribution in [0.2, 0.25) is 5.02 Å². The maximum Gasteiger partial charge on any atom is 0.262 e. The zero-order valence-electron chi connectivity index (χ0n) is 17.1. The lowest BCUT2D eigenvalue weighted by molar-refractivity contribution is 0.288. The Labute approximate surface area is 179 Å². The summed E-state index contributed by atoms with van der Waals surface area (Å²) in [5, 5.41) is 1.50. The van der Waals surface area contributed by atoms with Crippen molar-refractivity contribution >= 4 is 33.2 Å². The van der Waals surface area contributed by atoms with Gasteiger partial charge in [0.15, 0.2) is 0 Å². The van der Waals surface area contributed by atoms with E-state index in [0.29, 0.717) is 30.6 Å². The molecule has 0 fully saturated rings. The van der Waals surface area contributed by atoms with Gasteiger partial charge in [0.05, 0.1) is 18.5 Å². The highest BCUT2D eigenvalue weighted by Crippen LogP contribution is 2.35. The molecule has 154 valence electrons. The third kappa shape index (κ3) is 4.34. The first-order valence-corrected chi connectivity index (χ1v) is 11.2. The molecular weight excluding hydrogens is 406 g/mol. The van der Waals surface area contributed by atoms with E-state index < -0.39 is 0 Å². The predicted octanol–water partition coefficient (Wildman–Crippen LogP) is 4.38. The molecule has 3 aromatic rings. The molecule has 0 N–H and O–H groups in total. The van der Waals surface area contributed by atoms with E-state index in [1.54, 1.807) is 28.0 Å². The summed E-state index contributed by atoms with van der Waals surface area (Å²) in [7, 11) is 3.98. The van der Waals surface area contributed by atoms with Crippen molar-refractivity contribution in [1.82, 2.24) is 14.5 Å². The van der Waals surface area contributed by atoms with E-state index in [9.17, 15) is 4.79 Å². The smallest absolute Gasteiger partial charge is 0.262 e. The van der Waals surface area contributed by atoms with Crippen LogP contribution in [0, 0.1) is 5.92 Å². The van der Waals surface area contributed by atoms with Crippen molar-refractivity contribution in [3.8, 4) is 5.75 Å². The fourth-order valence-corrected chi connectivity index (χ4v) is 5.40. The number of benzene rings is 1.